The van der Waals surface area contributed by atoms with Crippen LogP contribution in [0.15, 0.2) is 42.6 Å². The second kappa shape index (κ2) is 7.64. The van der Waals surface area contributed by atoms with Gasteiger partial charge in [-0.15, -0.1) is 5.10 Å². The van der Waals surface area contributed by atoms with Crippen LogP contribution in [0, 0.1) is 5.82 Å². The molecule has 4 heterocycles. The zero-order chi connectivity index (χ0) is 21.5. The molecule has 2 fully saturated rings. The monoisotopic (exact) mass is 422 g/mol. The number of carbonyl (C=O) groups is 2. The number of halogens is 1. The van der Waals surface area contributed by atoms with Gasteiger partial charge in [0.05, 0.1) is 18.3 Å². The highest BCUT2D eigenvalue weighted by Crippen LogP contribution is 2.35. The van der Waals surface area contributed by atoms with Crippen LogP contribution >= 0.6 is 0 Å². The summed E-state index contributed by atoms with van der Waals surface area (Å²) in [5.74, 6) is 0.205. The number of amides is 2. The molecule has 8 nitrogen and oxygen atoms in total. The van der Waals surface area contributed by atoms with E-state index >= 15 is 0 Å². The Labute approximate surface area is 178 Å². The second-order valence-electron chi connectivity index (χ2n) is 8.11. The summed E-state index contributed by atoms with van der Waals surface area (Å²) in [7, 11) is 0. The van der Waals surface area contributed by atoms with Crippen LogP contribution in [0.3, 0.4) is 0 Å². The van der Waals surface area contributed by atoms with E-state index in [0.717, 1.165) is 30.8 Å². The smallest absolute Gasteiger partial charge is 0.271 e. The minimum absolute atomic E-state index is 0.00470. The summed E-state index contributed by atoms with van der Waals surface area (Å²) in [6.45, 7) is 3.35. The van der Waals surface area contributed by atoms with Crippen molar-refractivity contribution >= 4 is 23.3 Å². The Hall–Kier alpha value is -3.49. The first kappa shape index (κ1) is 19.5. The van der Waals surface area contributed by atoms with Gasteiger partial charge in [-0.2, -0.15) is 0 Å². The van der Waals surface area contributed by atoms with Gasteiger partial charge in [0.1, 0.15) is 11.6 Å². The second-order valence-corrected chi connectivity index (χ2v) is 8.11. The number of imidazole rings is 1. The van der Waals surface area contributed by atoms with Crippen LogP contribution in [0.5, 0.6) is 0 Å². The molecule has 0 bridgehead atoms. The summed E-state index contributed by atoms with van der Waals surface area (Å²) < 4.78 is 15.3. The van der Waals surface area contributed by atoms with Crippen molar-refractivity contribution in [2.75, 3.05) is 24.5 Å². The predicted octanol–water partition coefficient (Wildman–Crippen LogP) is 2.17. The Kier molecular flexibility index (Phi) is 4.80. The SMILES string of the molecule is CC(=O)N1CC(NC(=O)c2cnc3ccc(N4CCC[C@@H]4c4cccc(F)c4)nn23)C1. The van der Waals surface area contributed by atoms with Gasteiger partial charge in [0.15, 0.2) is 11.3 Å². The van der Waals surface area contributed by atoms with E-state index in [1.54, 1.807) is 21.5 Å². The molecule has 0 saturated carbocycles. The highest BCUT2D eigenvalue weighted by Gasteiger charge is 2.31. The number of likely N-dealkylation sites (tertiary alicyclic amines) is 1. The van der Waals surface area contributed by atoms with Crippen LogP contribution in [0.2, 0.25) is 0 Å². The molecule has 2 aromatic heterocycles. The molecule has 2 saturated heterocycles. The average molecular weight is 422 g/mol. The first-order valence-corrected chi connectivity index (χ1v) is 10.4. The summed E-state index contributed by atoms with van der Waals surface area (Å²) in [6, 6.07) is 10.4. The summed E-state index contributed by atoms with van der Waals surface area (Å²) in [5, 5.41) is 7.63. The van der Waals surface area contributed by atoms with E-state index in [1.807, 2.05) is 18.2 Å². The molecular formula is C22H23FN6O2. The van der Waals surface area contributed by atoms with Gasteiger partial charge in [0, 0.05) is 26.6 Å². The predicted molar refractivity (Wildman–Crippen MR) is 112 cm³/mol. The molecule has 0 aliphatic carbocycles. The molecule has 2 aliphatic heterocycles. The number of nitrogens with zero attached hydrogens (tertiary/aromatic N) is 5. The summed E-state index contributed by atoms with van der Waals surface area (Å²) in [4.78, 5) is 32.2. The zero-order valence-corrected chi connectivity index (χ0v) is 17.2. The molecule has 1 atom stereocenters. The van der Waals surface area contributed by atoms with Crippen molar-refractivity contribution in [2.24, 2.45) is 0 Å². The number of nitrogens with one attached hydrogen (secondary N) is 1. The third kappa shape index (κ3) is 3.60. The van der Waals surface area contributed by atoms with Crippen LogP contribution in [-0.4, -0.2) is 57.0 Å². The van der Waals surface area contributed by atoms with E-state index in [2.05, 4.69) is 15.2 Å². The van der Waals surface area contributed by atoms with Gasteiger partial charge in [0.2, 0.25) is 5.91 Å². The fraction of sp³-hybridized carbons (Fsp3) is 0.364. The summed E-state index contributed by atoms with van der Waals surface area (Å²) in [6.07, 6.45) is 3.40. The molecule has 2 amide bonds. The molecule has 0 radical (unpaired) electrons. The number of fused-ring (bicyclic) bond motifs is 1. The van der Waals surface area contributed by atoms with Crippen LogP contribution in [0.25, 0.3) is 5.65 Å². The zero-order valence-electron chi connectivity index (χ0n) is 17.2. The molecule has 31 heavy (non-hydrogen) atoms. The van der Waals surface area contributed by atoms with Crippen molar-refractivity contribution in [1.82, 2.24) is 24.8 Å². The lowest BCUT2D eigenvalue weighted by molar-refractivity contribution is -0.133. The highest BCUT2D eigenvalue weighted by molar-refractivity contribution is 5.93. The fourth-order valence-corrected chi connectivity index (χ4v) is 4.36. The van der Waals surface area contributed by atoms with Crippen LogP contribution in [0.4, 0.5) is 10.2 Å². The maximum atomic E-state index is 13.8. The number of hydrogen-bond donors (Lipinski definition) is 1. The number of hydrogen-bond acceptors (Lipinski definition) is 5. The lowest BCUT2D eigenvalue weighted by Crippen LogP contribution is -2.60. The number of anilines is 1. The molecular weight excluding hydrogens is 399 g/mol. The highest BCUT2D eigenvalue weighted by atomic mass is 19.1. The van der Waals surface area contributed by atoms with E-state index in [-0.39, 0.29) is 29.7 Å². The molecule has 0 unspecified atom stereocenters. The van der Waals surface area contributed by atoms with E-state index < -0.39 is 0 Å². The van der Waals surface area contributed by atoms with E-state index in [4.69, 9.17) is 5.10 Å². The molecule has 0 spiro atoms. The van der Waals surface area contributed by atoms with Gasteiger partial charge in [-0.3, -0.25) is 9.59 Å². The van der Waals surface area contributed by atoms with Crippen molar-refractivity contribution in [3.05, 3.63) is 59.7 Å². The van der Waals surface area contributed by atoms with E-state index in [1.165, 1.54) is 19.2 Å². The number of aromatic nitrogens is 3. The Bertz CT molecular complexity index is 1160. The topological polar surface area (TPSA) is 82.8 Å². The largest absolute Gasteiger partial charge is 0.348 e. The number of rotatable bonds is 4. The van der Waals surface area contributed by atoms with Crippen molar-refractivity contribution in [1.29, 1.82) is 0 Å². The first-order chi connectivity index (χ1) is 15.0. The molecule has 9 heteroatoms. The third-order valence-corrected chi connectivity index (χ3v) is 6.02. The van der Waals surface area contributed by atoms with E-state index in [0.29, 0.717) is 24.4 Å². The Morgan fingerprint density at radius 1 is 1.19 bits per heavy atom. The van der Waals surface area contributed by atoms with Crippen molar-refractivity contribution in [3.63, 3.8) is 0 Å². The normalized spacial score (nSPS) is 19.0. The average Bonchev–Trinajstić information content (AvgIpc) is 3.36. The van der Waals surface area contributed by atoms with Crippen LogP contribution in [-0.2, 0) is 4.79 Å². The minimum Gasteiger partial charge on any atom is -0.348 e. The first-order valence-electron chi connectivity index (χ1n) is 10.4. The standard InChI is InChI=1S/C22H23FN6O2/c1-14(30)27-12-17(13-27)25-22(31)19-11-24-20-7-8-21(26-29(19)20)28-9-3-6-18(28)15-4-2-5-16(23)10-15/h2,4-5,7-8,10-11,17-18H,3,6,9,12-13H2,1H3,(H,25,31)/t18-/m1/s1. The number of benzene rings is 1. The van der Waals surface area contributed by atoms with Gasteiger partial charge in [0.25, 0.3) is 5.91 Å². The van der Waals surface area contributed by atoms with Crippen LogP contribution in [0.1, 0.15) is 41.9 Å². The van der Waals surface area contributed by atoms with Gasteiger partial charge in [-0.1, -0.05) is 12.1 Å². The molecule has 3 aromatic rings. The molecule has 1 N–H and O–H groups in total. The Balaban J connectivity index is 1.39. The van der Waals surface area contributed by atoms with Gasteiger partial charge in [-0.05, 0) is 42.7 Å². The molecule has 160 valence electrons. The minimum atomic E-state index is -0.270. The Morgan fingerprint density at radius 3 is 2.81 bits per heavy atom. The lowest BCUT2D eigenvalue weighted by Gasteiger charge is -2.38. The summed E-state index contributed by atoms with van der Waals surface area (Å²) in [5.41, 5.74) is 1.84. The van der Waals surface area contributed by atoms with E-state index in [9.17, 15) is 14.0 Å². The van der Waals surface area contributed by atoms with Gasteiger partial charge >= 0.3 is 0 Å². The lowest BCUT2D eigenvalue weighted by atomic mass is 10.0. The van der Waals surface area contributed by atoms with Crippen LogP contribution < -0.4 is 10.2 Å². The maximum Gasteiger partial charge on any atom is 0.271 e. The molecule has 2 aliphatic rings. The maximum absolute atomic E-state index is 13.8. The molecule has 1 aromatic carbocycles. The molecule has 5 rings (SSSR count). The van der Waals surface area contributed by atoms with Gasteiger partial charge in [-0.25, -0.2) is 13.9 Å². The fourth-order valence-electron chi connectivity index (χ4n) is 4.36. The quantitative estimate of drug-likeness (QED) is 0.697. The van der Waals surface area contributed by atoms with Crippen molar-refractivity contribution < 1.29 is 14.0 Å². The van der Waals surface area contributed by atoms with Gasteiger partial charge < -0.3 is 15.1 Å². The number of carbonyl (C=O) groups excluding carboxylic acids is 2. The Morgan fingerprint density at radius 2 is 2.03 bits per heavy atom. The summed E-state index contributed by atoms with van der Waals surface area (Å²) >= 11 is 0. The van der Waals surface area contributed by atoms with Crippen molar-refractivity contribution in [2.45, 2.75) is 31.8 Å². The van der Waals surface area contributed by atoms with Crippen molar-refractivity contribution in [3.8, 4) is 0 Å². The third-order valence-electron chi connectivity index (χ3n) is 6.02.